The summed E-state index contributed by atoms with van der Waals surface area (Å²) in [7, 11) is 0. The summed E-state index contributed by atoms with van der Waals surface area (Å²) in [6.07, 6.45) is 0.0172. The van der Waals surface area contributed by atoms with Gasteiger partial charge < -0.3 is 10.1 Å². The van der Waals surface area contributed by atoms with Crippen molar-refractivity contribution in [1.82, 2.24) is 0 Å². The molecule has 1 atom stereocenters. The highest BCUT2D eigenvalue weighted by molar-refractivity contribution is 6.30. The Labute approximate surface area is 105 Å². The lowest BCUT2D eigenvalue weighted by molar-refractivity contribution is 0.210. The van der Waals surface area contributed by atoms with E-state index in [1.807, 2.05) is 48.5 Å². The van der Waals surface area contributed by atoms with Crippen LogP contribution in [-0.4, -0.2) is 6.54 Å². The van der Waals surface area contributed by atoms with Gasteiger partial charge in [-0.2, -0.15) is 0 Å². The van der Waals surface area contributed by atoms with Crippen molar-refractivity contribution in [1.29, 1.82) is 0 Å². The van der Waals surface area contributed by atoms with Crippen LogP contribution in [0.2, 0.25) is 5.02 Å². The van der Waals surface area contributed by atoms with Gasteiger partial charge in [0.2, 0.25) is 0 Å². The van der Waals surface area contributed by atoms with E-state index < -0.39 is 0 Å². The van der Waals surface area contributed by atoms with Crippen LogP contribution in [0, 0.1) is 0 Å². The van der Waals surface area contributed by atoms with E-state index in [9.17, 15) is 0 Å². The molecule has 1 unspecified atom stereocenters. The predicted molar refractivity (Wildman–Crippen MR) is 69.8 cm³/mol. The van der Waals surface area contributed by atoms with E-state index in [0.29, 0.717) is 0 Å². The summed E-state index contributed by atoms with van der Waals surface area (Å²) >= 11 is 5.99. The van der Waals surface area contributed by atoms with Crippen molar-refractivity contribution in [2.75, 3.05) is 11.9 Å². The first kappa shape index (κ1) is 10.5. The summed E-state index contributed by atoms with van der Waals surface area (Å²) < 4.78 is 5.95. The zero-order valence-electron chi connectivity index (χ0n) is 9.19. The minimum atomic E-state index is 0.0172. The first-order valence-electron chi connectivity index (χ1n) is 5.58. The molecule has 17 heavy (non-hydrogen) atoms. The highest BCUT2D eigenvalue weighted by Gasteiger charge is 2.20. The third-order valence-electron chi connectivity index (χ3n) is 2.85. The third-order valence-corrected chi connectivity index (χ3v) is 3.09. The van der Waals surface area contributed by atoms with Crippen molar-refractivity contribution in [3.8, 4) is 5.75 Å². The largest absolute Gasteiger partial charge is 0.482 e. The molecule has 2 nitrogen and oxygen atoms in total. The molecular weight excluding hydrogens is 234 g/mol. The molecule has 2 aromatic carbocycles. The zero-order chi connectivity index (χ0) is 11.7. The summed E-state index contributed by atoms with van der Waals surface area (Å²) in [5.74, 6) is 0.892. The molecular formula is C14H12ClNO. The number of para-hydroxylation sites is 2. The molecule has 0 aromatic heterocycles. The van der Waals surface area contributed by atoms with Crippen molar-refractivity contribution < 1.29 is 4.74 Å². The molecule has 1 aliphatic heterocycles. The number of hydrogen-bond acceptors (Lipinski definition) is 2. The van der Waals surface area contributed by atoms with Gasteiger partial charge in [0, 0.05) is 5.02 Å². The topological polar surface area (TPSA) is 21.3 Å². The maximum absolute atomic E-state index is 5.99. The average molecular weight is 246 g/mol. The number of rotatable bonds is 1. The van der Waals surface area contributed by atoms with Crippen LogP contribution in [0.25, 0.3) is 0 Å². The van der Waals surface area contributed by atoms with Crippen LogP contribution in [0.5, 0.6) is 5.75 Å². The fraction of sp³-hybridized carbons (Fsp3) is 0.143. The van der Waals surface area contributed by atoms with Gasteiger partial charge >= 0.3 is 0 Å². The van der Waals surface area contributed by atoms with Crippen molar-refractivity contribution in [3.05, 3.63) is 59.1 Å². The normalized spacial score (nSPS) is 17.8. The maximum atomic E-state index is 5.99. The van der Waals surface area contributed by atoms with E-state index in [2.05, 4.69) is 5.32 Å². The summed E-state index contributed by atoms with van der Waals surface area (Å²) in [5.41, 5.74) is 2.14. The second-order valence-electron chi connectivity index (χ2n) is 4.04. The summed E-state index contributed by atoms with van der Waals surface area (Å²) in [5, 5.41) is 4.10. The molecule has 0 fully saturated rings. The molecule has 3 rings (SSSR count). The Bertz CT molecular complexity index is 541. The monoisotopic (exact) mass is 245 g/mol. The van der Waals surface area contributed by atoms with E-state index in [4.69, 9.17) is 16.3 Å². The minimum Gasteiger partial charge on any atom is -0.482 e. The molecule has 2 aromatic rings. The van der Waals surface area contributed by atoms with Gasteiger partial charge in [-0.1, -0.05) is 35.9 Å². The fourth-order valence-electron chi connectivity index (χ4n) is 2.01. The third kappa shape index (κ3) is 2.08. The van der Waals surface area contributed by atoms with Gasteiger partial charge in [-0.25, -0.2) is 0 Å². The number of anilines is 1. The van der Waals surface area contributed by atoms with E-state index in [1.165, 1.54) is 0 Å². The Morgan fingerprint density at radius 2 is 2.00 bits per heavy atom. The smallest absolute Gasteiger partial charge is 0.143 e. The van der Waals surface area contributed by atoms with Gasteiger partial charge in [0.1, 0.15) is 11.9 Å². The number of nitrogens with one attached hydrogen (secondary N) is 1. The lowest BCUT2D eigenvalue weighted by Gasteiger charge is -2.27. The lowest BCUT2D eigenvalue weighted by Crippen LogP contribution is -2.23. The predicted octanol–water partition coefficient (Wildman–Crippen LogP) is 3.89. The van der Waals surface area contributed by atoms with Crippen LogP contribution in [-0.2, 0) is 0 Å². The molecule has 0 amide bonds. The Balaban J connectivity index is 1.89. The second-order valence-corrected chi connectivity index (χ2v) is 4.47. The summed E-state index contributed by atoms with van der Waals surface area (Å²) in [6, 6.07) is 15.8. The van der Waals surface area contributed by atoms with Crippen LogP contribution in [0.15, 0.2) is 48.5 Å². The molecule has 0 spiro atoms. The molecule has 1 heterocycles. The number of halogens is 1. The number of ether oxygens (including phenoxy) is 1. The van der Waals surface area contributed by atoms with Crippen LogP contribution < -0.4 is 10.1 Å². The molecule has 1 aliphatic rings. The standard InChI is InChI=1S/C14H12ClNO/c15-11-5-3-4-10(8-11)14-9-16-12-6-1-2-7-13(12)17-14/h1-8,14,16H,9H2. The van der Waals surface area contributed by atoms with Crippen molar-refractivity contribution in [3.63, 3.8) is 0 Å². The van der Waals surface area contributed by atoms with Gasteiger partial charge in [-0.05, 0) is 29.8 Å². The van der Waals surface area contributed by atoms with Crippen molar-refractivity contribution in [2.45, 2.75) is 6.10 Å². The van der Waals surface area contributed by atoms with Crippen LogP contribution >= 0.6 is 11.6 Å². The quantitative estimate of drug-likeness (QED) is 0.823. The second kappa shape index (κ2) is 4.30. The van der Waals surface area contributed by atoms with E-state index >= 15 is 0 Å². The highest BCUT2D eigenvalue weighted by Crippen LogP contribution is 2.34. The van der Waals surface area contributed by atoms with Crippen molar-refractivity contribution >= 4 is 17.3 Å². The van der Waals surface area contributed by atoms with E-state index in [1.54, 1.807) is 0 Å². The maximum Gasteiger partial charge on any atom is 0.143 e. The molecule has 0 bridgehead atoms. The van der Waals surface area contributed by atoms with E-state index in [0.717, 1.165) is 28.6 Å². The molecule has 86 valence electrons. The first-order valence-corrected chi connectivity index (χ1v) is 5.96. The van der Waals surface area contributed by atoms with Gasteiger partial charge in [0.05, 0.1) is 12.2 Å². The number of hydrogen-bond donors (Lipinski definition) is 1. The van der Waals surface area contributed by atoms with Gasteiger partial charge in [-0.3, -0.25) is 0 Å². The molecule has 0 saturated carbocycles. The average Bonchev–Trinajstić information content (AvgIpc) is 2.38. The Hall–Kier alpha value is -1.67. The SMILES string of the molecule is Clc1cccc(C2CNc3ccccc3O2)c1. The van der Waals surface area contributed by atoms with Crippen LogP contribution in [0.1, 0.15) is 11.7 Å². The Kier molecular flexibility index (Phi) is 2.65. The molecule has 1 N–H and O–H groups in total. The van der Waals surface area contributed by atoms with E-state index in [-0.39, 0.29) is 6.10 Å². The van der Waals surface area contributed by atoms with Gasteiger partial charge in [0.25, 0.3) is 0 Å². The summed E-state index contributed by atoms with van der Waals surface area (Å²) in [4.78, 5) is 0. The fourth-order valence-corrected chi connectivity index (χ4v) is 2.20. The number of fused-ring (bicyclic) bond motifs is 1. The molecule has 3 heteroatoms. The molecule has 0 aliphatic carbocycles. The van der Waals surface area contributed by atoms with Crippen LogP contribution in [0.4, 0.5) is 5.69 Å². The first-order chi connectivity index (χ1) is 8.33. The summed E-state index contributed by atoms with van der Waals surface area (Å²) in [6.45, 7) is 0.761. The number of benzene rings is 2. The van der Waals surface area contributed by atoms with Crippen molar-refractivity contribution in [2.24, 2.45) is 0 Å². The minimum absolute atomic E-state index is 0.0172. The highest BCUT2D eigenvalue weighted by atomic mass is 35.5. The lowest BCUT2D eigenvalue weighted by atomic mass is 10.1. The zero-order valence-corrected chi connectivity index (χ0v) is 9.95. The molecule has 0 radical (unpaired) electrons. The molecule has 0 saturated heterocycles. The van der Waals surface area contributed by atoms with Gasteiger partial charge in [-0.15, -0.1) is 0 Å². The Morgan fingerprint density at radius 1 is 1.12 bits per heavy atom. The Morgan fingerprint density at radius 3 is 2.88 bits per heavy atom. The van der Waals surface area contributed by atoms with Crippen LogP contribution in [0.3, 0.4) is 0 Å². The van der Waals surface area contributed by atoms with Gasteiger partial charge in [0.15, 0.2) is 0 Å².